The molecule has 0 radical (unpaired) electrons. The van der Waals surface area contributed by atoms with E-state index in [1.807, 2.05) is 29.2 Å². The van der Waals surface area contributed by atoms with Crippen LogP contribution in [0, 0.1) is 0 Å². The zero-order valence-electron chi connectivity index (χ0n) is 12.1. The Morgan fingerprint density at radius 3 is 3.05 bits per heavy atom. The molecular weight excluding hydrogens is 288 g/mol. The van der Waals surface area contributed by atoms with Crippen LogP contribution in [0.5, 0.6) is 0 Å². The molecule has 5 heteroatoms. The molecule has 0 aliphatic carbocycles. The van der Waals surface area contributed by atoms with Crippen LogP contribution < -0.4 is 5.32 Å². The van der Waals surface area contributed by atoms with Gasteiger partial charge >= 0.3 is 0 Å². The van der Waals surface area contributed by atoms with Gasteiger partial charge in [0.05, 0.1) is 6.61 Å². The number of likely N-dealkylation sites (tertiary alicyclic amines) is 1. The maximum absolute atomic E-state index is 12.6. The minimum absolute atomic E-state index is 0.122. The molecule has 2 atom stereocenters. The van der Waals surface area contributed by atoms with E-state index in [2.05, 4.69) is 5.32 Å². The summed E-state index contributed by atoms with van der Waals surface area (Å²) in [5, 5.41) is 4.00. The summed E-state index contributed by atoms with van der Waals surface area (Å²) in [5.74, 6) is 0.122. The quantitative estimate of drug-likeness (QED) is 0.927. The summed E-state index contributed by atoms with van der Waals surface area (Å²) in [7, 11) is 0. The fourth-order valence-electron chi connectivity index (χ4n) is 3.16. The summed E-state index contributed by atoms with van der Waals surface area (Å²) >= 11 is 6.24. The molecule has 1 amide bonds. The largest absolute Gasteiger partial charge is 0.366 e. The zero-order chi connectivity index (χ0) is 14.7. The van der Waals surface area contributed by atoms with Crippen LogP contribution in [0.25, 0.3) is 0 Å². The fraction of sp³-hybridized carbons (Fsp3) is 0.562. The second-order valence-electron chi connectivity index (χ2n) is 5.69. The molecule has 2 aliphatic heterocycles. The van der Waals surface area contributed by atoms with E-state index in [-0.39, 0.29) is 18.1 Å². The van der Waals surface area contributed by atoms with E-state index in [0.717, 1.165) is 42.9 Å². The molecule has 0 bridgehead atoms. The number of halogens is 1. The highest BCUT2D eigenvalue weighted by molar-refractivity contribution is 6.31. The van der Waals surface area contributed by atoms with Crippen LogP contribution in [0.1, 0.15) is 18.4 Å². The fourth-order valence-corrected chi connectivity index (χ4v) is 3.38. The Bertz CT molecular complexity index is 503. The Labute approximate surface area is 130 Å². The minimum atomic E-state index is -0.328. The van der Waals surface area contributed by atoms with E-state index >= 15 is 0 Å². The lowest BCUT2D eigenvalue weighted by Gasteiger charge is -2.31. The van der Waals surface area contributed by atoms with Gasteiger partial charge in [0.1, 0.15) is 6.10 Å². The van der Waals surface area contributed by atoms with Crippen molar-refractivity contribution in [2.75, 3.05) is 26.2 Å². The third-order valence-corrected chi connectivity index (χ3v) is 4.65. The van der Waals surface area contributed by atoms with Crippen molar-refractivity contribution in [2.45, 2.75) is 31.4 Å². The lowest BCUT2D eigenvalue weighted by molar-refractivity contribution is -0.146. The van der Waals surface area contributed by atoms with Crippen LogP contribution in [0.4, 0.5) is 0 Å². The van der Waals surface area contributed by atoms with Crippen LogP contribution in [-0.2, 0) is 16.0 Å². The van der Waals surface area contributed by atoms with Gasteiger partial charge in [0.25, 0.3) is 5.91 Å². The van der Waals surface area contributed by atoms with Crippen molar-refractivity contribution < 1.29 is 9.53 Å². The van der Waals surface area contributed by atoms with E-state index in [9.17, 15) is 4.79 Å². The minimum Gasteiger partial charge on any atom is -0.366 e. The first-order valence-electron chi connectivity index (χ1n) is 7.62. The van der Waals surface area contributed by atoms with Crippen molar-refractivity contribution in [1.29, 1.82) is 0 Å². The third kappa shape index (κ3) is 3.39. The molecule has 3 rings (SSSR count). The second kappa shape index (κ2) is 6.77. The molecule has 2 heterocycles. The van der Waals surface area contributed by atoms with Gasteiger partial charge in [-0.25, -0.2) is 0 Å². The van der Waals surface area contributed by atoms with Gasteiger partial charge in [-0.3, -0.25) is 4.79 Å². The standard InChI is InChI=1S/C16H21ClN2O2/c17-14-6-2-1-4-12(14)10-13-5-3-8-19(13)16(20)15-11-18-7-9-21-15/h1-2,4,6,13,15,18H,3,5,7-11H2/t13-,15+/m0/s1. The third-order valence-electron chi connectivity index (χ3n) is 4.28. The number of ether oxygens (including phenoxy) is 1. The molecule has 0 spiro atoms. The van der Waals surface area contributed by atoms with Crippen LogP contribution in [0.15, 0.2) is 24.3 Å². The van der Waals surface area contributed by atoms with Gasteiger partial charge in [0.15, 0.2) is 0 Å². The van der Waals surface area contributed by atoms with Crippen molar-refractivity contribution in [3.05, 3.63) is 34.9 Å². The van der Waals surface area contributed by atoms with Crippen LogP contribution in [0.2, 0.25) is 5.02 Å². The molecule has 114 valence electrons. The predicted octanol–water partition coefficient (Wildman–Crippen LogP) is 1.86. The maximum Gasteiger partial charge on any atom is 0.253 e. The van der Waals surface area contributed by atoms with Gasteiger partial charge in [0, 0.05) is 30.7 Å². The smallest absolute Gasteiger partial charge is 0.253 e. The molecule has 0 aromatic heterocycles. The summed E-state index contributed by atoms with van der Waals surface area (Å²) in [6.45, 7) is 2.88. The van der Waals surface area contributed by atoms with Crippen LogP contribution in [-0.4, -0.2) is 49.2 Å². The molecule has 1 aromatic rings. The van der Waals surface area contributed by atoms with Gasteiger partial charge in [0.2, 0.25) is 0 Å². The molecule has 2 fully saturated rings. The van der Waals surface area contributed by atoms with Crippen LogP contribution in [0.3, 0.4) is 0 Å². The number of nitrogens with one attached hydrogen (secondary N) is 1. The Balaban J connectivity index is 1.67. The zero-order valence-corrected chi connectivity index (χ0v) is 12.8. The Kier molecular flexibility index (Phi) is 4.78. The monoisotopic (exact) mass is 308 g/mol. The van der Waals surface area contributed by atoms with Gasteiger partial charge in [-0.2, -0.15) is 0 Å². The first-order chi connectivity index (χ1) is 10.3. The van der Waals surface area contributed by atoms with Gasteiger partial charge in [-0.1, -0.05) is 29.8 Å². The average Bonchev–Trinajstić information content (AvgIpc) is 2.98. The highest BCUT2D eigenvalue weighted by atomic mass is 35.5. The van der Waals surface area contributed by atoms with Gasteiger partial charge in [-0.05, 0) is 30.9 Å². The molecule has 1 aromatic carbocycles. The molecule has 2 aliphatic rings. The second-order valence-corrected chi connectivity index (χ2v) is 6.09. The molecule has 2 saturated heterocycles. The highest BCUT2D eigenvalue weighted by Crippen LogP contribution is 2.25. The summed E-state index contributed by atoms with van der Waals surface area (Å²) in [6, 6.07) is 8.12. The van der Waals surface area contributed by atoms with Crippen molar-refractivity contribution in [1.82, 2.24) is 10.2 Å². The maximum atomic E-state index is 12.6. The molecule has 1 N–H and O–H groups in total. The normalized spacial score (nSPS) is 26.0. The number of amides is 1. The summed E-state index contributed by atoms with van der Waals surface area (Å²) in [4.78, 5) is 14.6. The Morgan fingerprint density at radius 1 is 1.43 bits per heavy atom. The molecule has 0 unspecified atom stereocenters. The predicted molar refractivity (Wildman–Crippen MR) is 82.5 cm³/mol. The van der Waals surface area contributed by atoms with Crippen LogP contribution >= 0.6 is 11.6 Å². The van der Waals surface area contributed by atoms with Crippen molar-refractivity contribution in [2.24, 2.45) is 0 Å². The van der Waals surface area contributed by atoms with E-state index in [1.165, 1.54) is 0 Å². The number of rotatable bonds is 3. The average molecular weight is 309 g/mol. The summed E-state index contributed by atoms with van der Waals surface area (Å²) in [6.07, 6.45) is 2.59. The van der Waals surface area contributed by atoms with Crippen molar-refractivity contribution >= 4 is 17.5 Å². The summed E-state index contributed by atoms with van der Waals surface area (Å²) in [5.41, 5.74) is 1.12. The number of nitrogens with zero attached hydrogens (tertiary/aromatic N) is 1. The van der Waals surface area contributed by atoms with Crippen molar-refractivity contribution in [3.63, 3.8) is 0 Å². The summed E-state index contributed by atoms with van der Waals surface area (Å²) < 4.78 is 5.59. The molecule has 21 heavy (non-hydrogen) atoms. The first-order valence-corrected chi connectivity index (χ1v) is 7.99. The number of hydrogen-bond acceptors (Lipinski definition) is 3. The SMILES string of the molecule is O=C([C@H]1CNCCO1)N1CCC[C@H]1Cc1ccccc1Cl. The number of carbonyl (C=O) groups is 1. The Hall–Kier alpha value is -1.10. The topological polar surface area (TPSA) is 41.6 Å². The van der Waals surface area contributed by atoms with Gasteiger partial charge < -0.3 is 15.0 Å². The highest BCUT2D eigenvalue weighted by Gasteiger charge is 2.34. The van der Waals surface area contributed by atoms with E-state index in [4.69, 9.17) is 16.3 Å². The molecular formula is C16H21ClN2O2. The molecule has 0 saturated carbocycles. The molecule has 4 nitrogen and oxygen atoms in total. The number of benzene rings is 1. The number of morpholine rings is 1. The van der Waals surface area contributed by atoms with E-state index < -0.39 is 0 Å². The first kappa shape index (κ1) is 14.8. The van der Waals surface area contributed by atoms with E-state index in [1.54, 1.807) is 0 Å². The van der Waals surface area contributed by atoms with E-state index in [0.29, 0.717) is 13.2 Å². The van der Waals surface area contributed by atoms with Gasteiger partial charge in [-0.15, -0.1) is 0 Å². The van der Waals surface area contributed by atoms with Crippen molar-refractivity contribution in [3.8, 4) is 0 Å². The lowest BCUT2D eigenvalue weighted by Crippen LogP contribution is -2.51. The number of hydrogen-bond donors (Lipinski definition) is 1. The Morgan fingerprint density at radius 2 is 2.29 bits per heavy atom. The number of carbonyl (C=O) groups excluding carboxylic acids is 1. The lowest BCUT2D eigenvalue weighted by atomic mass is 10.0.